The summed E-state index contributed by atoms with van der Waals surface area (Å²) in [6.07, 6.45) is 4.60. The van der Waals surface area contributed by atoms with Gasteiger partial charge in [0.15, 0.2) is 0 Å². The molecule has 6 nitrogen and oxygen atoms in total. The molecule has 6 heteroatoms. The highest BCUT2D eigenvalue weighted by Gasteiger charge is 2.23. The van der Waals surface area contributed by atoms with E-state index in [1.807, 2.05) is 6.07 Å². The molecule has 1 aliphatic heterocycles. The van der Waals surface area contributed by atoms with Crippen molar-refractivity contribution in [3.05, 3.63) is 53.5 Å². The molecule has 25 heavy (non-hydrogen) atoms. The molecule has 0 radical (unpaired) electrons. The first-order valence-corrected chi connectivity index (χ1v) is 8.85. The van der Waals surface area contributed by atoms with E-state index in [9.17, 15) is 4.79 Å². The number of carbonyl (C=O) groups excluding carboxylic acids is 1. The summed E-state index contributed by atoms with van der Waals surface area (Å²) in [5.41, 5.74) is 2.97. The average molecular weight is 338 g/mol. The fourth-order valence-corrected chi connectivity index (χ4v) is 3.57. The maximum absolute atomic E-state index is 12.7. The number of aromatic nitrogens is 2. The quantitative estimate of drug-likeness (QED) is 0.928. The molecule has 1 amide bonds. The van der Waals surface area contributed by atoms with Gasteiger partial charge in [0.25, 0.3) is 5.91 Å². The van der Waals surface area contributed by atoms with Crippen LogP contribution in [0.2, 0.25) is 0 Å². The molecule has 1 aliphatic carbocycles. The number of rotatable bonds is 3. The van der Waals surface area contributed by atoms with Gasteiger partial charge in [-0.25, -0.2) is 9.97 Å². The number of nitrogens with zero attached hydrogens (tertiary/aromatic N) is 3. The number of benzene rings is 1. The van der Waals surface area contributed by atoms with Crippen molar-refractivity contribution in [2.24, 2.45) is 0 Å². The van der Waals surface area contributed by atoms with Gasteiger partial charge in [0.05, 0.1) is 19.3 Å². The molecule has 0 saturated carbocycles. The van der Waals surface area contributed by atoms with Crippen LogP contribution in [0.25, 0.3) is 0 Å². The molecular weight excluding hydrogens is 316 g/mol. The fourth-order valence-electron chi connectivity index (χ4n) is 3.57. The molecule has 1 N–H and O–H groups in total. The molecule has 1 fully saturated rings. The smallest absolute Gasteiger partial charge is 0.270 e. The highest BCUT2D eigenvalue weighted by Crippen LogP contribution is 2.29. The monoisotopic (exact) mass is 338 g/mol. The third kappa shape index (κ3) is 3.49. The number of hydrogen-bond donors (Lipinski definition) is 1. The Kier molecular flexibility index (Phi) is 4.61. The van der Waals surface area contributed by atoms with Crippen molar-refractivity contribution in [2.45, 2.75) is 25.3 Å². The van der Waals surface area contributed by atoms with E-state index >= 15 is 0 Å². The molecule has 1 aromatic carbocycles. The maximum Gasteiger partial charge on any atom is 0.270 e. The predicted molar refractivity (Wildman–Crippen MR) is 94.7 cm³/mol. The summed E-state index contributed by atoms with van der Waals surface area (Å²) in [6, 6.07) is 10.2. The molecule has 2 aromatic rings. The normalized spacial score (nSPS) is 20.0. The minimum absolute atomic E-state index is 0.0549. The number of fused-ring (bicyclic) bond motifs is 1. The maximum atomic E-state index is 12.7. The number of ether oxygens (including phenoxy) is 1. The zero-order valence-electron chi connectivity index (χ0n) is 14.1. The van der Waals surface area contributed by atoms with Crippen molar-refractivity contribution < 1.29 is 9.53 Å². The summed E-state index contributed by atoms with van der Waals surface area (Å²) < 4.78 is 5.37. The van der Waals surface area contributed by atoms with Crippen LogP contribution in [-0.4, -0.2) is 42.2 Å². The number of amides is 1. The van der Waals surface area contributed by atoms with E-state index < -0.39 is 0 Å². The minimum Gasteiger partial charge on any atom is -0.378 e. The number of aryl methyl sites for hydroxylation is 1. The van der Waals surface area contributed by atoms with Crippen LogP contribution < -0.4 is 10.2 Å². The molecule has 4 rings (SSSR count). The Morgan fingerprint density at radius 1 is 1.20 bits per heavy atom. The van der Waals surface area contributed by atoms with Gasteiger partial charge in [0.1, 0.15) is 17.8 Å². The first-order chi connectivity index (χ1) is 12.3. The first-order valence-electron chi connectivity index (χ1n) is 8.85. The van der Waals surface area contributed by atoms with Crippen LogP contribution in [0.3, 0.4) is 0 Å². The summed E-state index contributed by atoms with van der Waals surface area (Å²) >= 11 is 0. The Labute approximate surface area is 147 Å². The van der Waals surface area contributed by atoms with Gasteiger partial charge in [-0.05, 0) is 30.4 Å². The molecular formula is C19H22N4O2. The lowest BCUT2D eigenvalue weighted by molar-refractivity contribution is 0.0927. The fraction of sp³-hybridized carbons (Fsp3) is 0.421. The third-order valence-electron chi connectivity index (χ3n) is 4.90. The first kappa shape index (κ1) is 16.0. The molecule has 0 unspecified atom stereocenters. The number of carbonyl (C=O) groups is 1. The SMILES string of the molecule is O=C(N[C@H]1CCCc2ccccc21)c1cc(N2CCOCC2)ncn1. The highest BCUT2D eigenvalue weighted by atomic mass is 16.5. The van der Waals surface area contributed by atoms with Crippen molar-refractivity contribution in [2.75, 3.05) is 31.2 Å². The van der Waals surface area contributed by atoms with E-state index in [-0.39, 0.29) is 11.9 Å². The molecule has 2 aliphatic rings. The molecule has 0 bridgehead atoms. The lowest BCUT2D eigenvalue weighted by Crippen LogP contribution is -2.37. The lowest BCUT2D eigenvalue weighted by Gasteiger charge is -2.28. The Balaban J connectivity index is 1.50. The van der Waals surface area contributed by atoms with Crippen molar-refractivity contribution in [1.82, 2.24) is 15.3 Å². The van der Waals surface area contributed by atoms with Crippen LogP contribution >= 0.6 is 0 Å². The number of anilines is 1. The van der Waals surface area contributed by atoms with E-state index in [2.05, 4.69) is 38.4 Å². The van der Waals surface area contributed by atoms with Gasteiger partial charge in [-0.15, -0.1) is 0 Å². The molecule has 2 heterocycles. The standard InChI is InChI=1S/C19H22N4O2/c24-19(22-16-7-3-5-14-4-1-2-6-15(14)16)17-12-18(21-13-20-17)23-8-10-25-11-9-23/h1-2,4,6,12-13,16H,3,5,7-11H2,(H,22,24)/t16-/m0/s1. The number of hydrogen-bond acceptors (Lipinski definition) is 5. The van der Waals surface area contributed by atoms with E-state index in [1.165, 1.54) is 17.5 Å². The van der Waals surface area contributed by atoms with Gasteiger partial charge >= 0.3 is 0 Å². The second kappa shape index (κ2) is 7.19. The van der Waals surface area contributed by atoms with Crippen LogP contribution in [-0.2, 0) is 11.2 Å². The molecule has 1 atom stereocenters. The van der Waals surface area contributed by atoms with E-state index in [0.717, 1.165) is 38.2 Å². The largest absolute Gasteiger partial charge is 0.378 e. The Morgan fingerprint density at radius 3 is 2.92 bits per heavy atom. The van der Waals surface area contributed by atoms with Crippen LogP contribution in [0.1, 0.15) is 40.5 Å². The van der Waals surface area contributed by atoms with Crippen molar-refractivity contribution >= 4 is 11.7 Å². The van der Waals surface area contributed by atoms with Gasteiger partial charge in [-0.2, -0.15) is 0 Å². The third-order valence-corrected chi connectivity index (χ3v) is 4.90. The Bertz CT molecular complexity index is 759. The summed E-state index contributed by atoms with van der Waals surface area (Å²) in [5, 5.41) is 3.15. The minimum atomic E-state index is -0.140. The predicted octanol–water partition coefficient (Wildman–Crippen LogP) is 2.12. The molecule has 1 saturated heterocycles. The van der Waals surface area contributed by atoms with Gasteiger partial charge in [0, 0.05) is 19.2 Å². The van der Waals surface area contributed by atoms with Gasteiger partial charge in [0.2, 0.25) is 0 Å². The van der Waals surface area contributed by atoms with Crippen molar-refractivity contribution in [3.8, 4) is 0 Å². The van der Waals surface area contributed by atoms with Crippen molar-refractivity contribution in [1.29, 1.82) is 0 Å². The van der Waals surface area contributed by atoms with Gasteiger partial charge in [-0.1, -0.05) is 24.3 Å². The molecule has 130 valence electrons. The second-order valence-corrected chi connectivity index (χ2v) is 6.48. The van der Waals surface area contributed by atoms with Gasteiger partial charge in [-0.3, -0.25) is 4.79 Å². The Hall–Kier alpha value is -2.47. The van der Waals surface area contributed by atoms with Crippen LogP contribution in [0, 0.1) is 0 Å². The number of nitrogens with one attached hydrogen (secondary N) is 1. The molecule has 1 aromatic heterocycles. The average Bonchev–Trinajstić information content (AvgIpc) is 2.69. The molecule has 0 spiro atoms. The summed E-state index contributed by atoms with van der Waals surface area (Å²) in [6.45, 7) is 2.94. The van der Waals surface area contributed by atoms with E-state index in [0.29, 0.717) is 18.9 Å². The van der Waals surface area contributed by atoms with Crippen LogP contribution in [0.5, 0.6) is 0 Å². The topological polar surface area (TPSA) is 67.4 Å². The second-order valence-electron chi connectivity index (χ2n) is 6.48. The van der Waals surface area contributed by atoms with E-state index in [4.69, 9.17) is 4.74 Å². The lowest BCUT2D eigenvalue weighted by atomic mass is 9.87. The van der Waals surface area contributed by atoms with Crippen LogP contribution in [0.15, 0.2) is 36.7 Å². The Morgan fingerprint density at radius 2 is 2.04 bits per heavy atom. The zero-order valence-corrected chi connectivity index (χ0v) is 14.1. The summed E-state index contributed by atoms with van der Waals surface area (Å²) in [7, 11) is 0. The number of morpholine rings is 1. The van der Waals surface area contributed by atoms with E-state index in [1.54, 1.807) is 6.07 Å². The highest BCUT2D eigenvalue weighted by molar-refractivity contribution is 5.93. The van der Waals surface area contributed by atoms with Gasteiger partial charge < -0.3 is 15.0 Å². The van der Waals surface area contributed by atoms with Crippen molar-refractivity contribution in [3.63, 3.8) is 0 Å². The summed E-state index contributed by atoms with van der Waals surface area (Å²) in [4.78, 5) is 23.3. The zero-order chi connectivity index (χ0) is 17.1. The van der Waals surface area contributed by atoms with Crippen LogP contribution in [0.4, 0.5) is 5.82 Å². The summed E-state index contributed by atoms with van der Waals surface area (Å²) in [5.74, 6) is 0.645.